The van der Waals surface area contributed by atoms with Crippen LogP contribution in [0.15, 0.2) is 48.7 Å². The predicted octanol–water partition coefficient (Wildman–Crippen LogP) is 2.91. The van der Waals surface area contributed by atoms with Gasteiger partial charge in [0, 0.05) is 30.7 Å². The molecule has 1 saturated carbocycles. The number of likely N-dealkylation sites (tertiary alicyclic amines) is 1. The highest BCUT2D eigenvalue weighted by molar-refractivity contribution is 6.10. The van der Waals surface area contributed by atoms with E-state index in [-0.39, 0.29) is 23.8 Å². The first-order valence-corrected chi connectivity index (χ1v) is 10.3. The van der Waals surface area contributed by atoms with Crippen LogP contribution in [0, 0.1) is 5.82 Å². The van der Waals surface area contributed by atoms with Crippen LogP contribution in [-0.4, -0.2) is 47.0 Å². The molecule has 1 aliphatic heterocycles. The van der Waals surface area contributed by atoms with Gasteiger partial charge in [-0.05, 0) is 47.6 Å². The molecule has 2 heterocycles. The van der Waals surface area contributed by atoms with Gasteiger partial charge in [0.1, 0.15) is 11.6 Å². The predicted molar refractivity (Wildman–Crippen MR) is 116 cm³/mol. The van der Waals surface area contributed by atoms with Crippen LogP contribution in [0.4, 0.5) is 15.0 Å². The van der Waals surface area contributed by atoms with Gasteiger partial charge in [0.15, 0.2) is 0 Å². The van der Waals surface area contributed by atoms with E-state index < -0.39 is 0 Å². The Hall–Kier alpha value is -3.68. The first-order chi connectivity index (χ1) is 15.0. The van der Waals surface area contributed by atoms with Gasteiger partial charge in [0.25, 0.3) is 5.91 Å². The van der Waals surface area contributed by atoms with Crippen molar-refractivity contribution in [3.63, 3.8) is 0 Å². The van der Waals surface area contributed by atoms with Crippen LogP contribution in [0.1, 0.15) is 23.2 Å². The number of aromatic nitrogens is 1. The van der Waals surface area contributed by atoms with Crippen LogP contribution in [-0.2, 0) is 0 Å². The maximum absolute atomic E-state index is 13.6. The molecule has 31 heavy (non-hydrogen) atoms. The summed E-state index contributed by atoms with van der Waals surface area (Å²) in [7, 11) is 0. The molecule has 0 atom stereocenters. The lowest BCUT2D eigenvalue weighted by atomic mass is 9.99. The van der Waals surface area contributed by atoms with Crippen LogP contribution in [0.5, 0.6) is 0 Å². The van der Waals surface area contributed by atoms with Gasteiger partial charge in [-0.2, -0.15) is 0 Å². The average Bonchev–Trinajstić information content (AvgIpc) is 3.54. The Morgan fingerprint density at radius 1 is 1.00 bits per heavy atom. The van der Waals surface area contributed by atoms with Gasteiger partial charge < -0.3 is 21.3 Å². The van der Waals surface area contributed by atoms with E-state index in [1.165, 1.54) is 18.3 Å². The third-order valence-electron chi connectivity index (χ3n) is 5.73. The normalized spacial score (nSPS) is 16.1. The summed E-state index contributed by atoms with van der Waals surface area (Å²) in [6.45, 7) is 0.961. The molecular formula is C23H22FN5O2. The maximum atomic E-state index is 13.6. The zero-order valence-electron chi connectivity index (χ0n) is 16.8. The van der Waals surface area contributed by atoms with Gasteiger partial charge in [-0.15, -0.1) is 0 Å². The molecule has 0 spiro atoms. The molecule has 8 heteroatoms. The molecule has 1 saturated heterocycles. The van der Waals surface area contributed by atoms with Crippen molar-refractivity contribution in [3.05, 3.63) is 60.0 Å². The van der Waals surface area contributed by atoms with Crippen molar-refractivity contribution in [1.82, 2.24) is 20.5 Å². The standard InChI is InChI=1S/C23H22FN5O2/c24-15-3-1-2-13(8-15)14-4-7-18-19(9-14)21(25)26-10-20(18)22(30)27-17-11-29(12-17)23(31)28-16-5-6-16/h1-4,7-10,16-17H,5-6,11-12H2,(H2,25,26)(H,27,30)(H,28,31). The summed E-state index contributed by atoms with van der Waals surface area (Å²) < 4.78 is 13.6. The van der Waals surface area contributed by atoms with E-state index >= 15 is 0 Å². The average molecular weight is 419 g/mol. The van der Waals surface area contributed by atoms with Crippen LogP contribution < -0.4 is 16.4 Å². The molecular weight excluding hydrogens is 397 g/mol. The van der Waals surface area contributed by atoms with Gasteiger partial charge in [0.05, 0.1) is 11.6 Å². The minimum atomic E-state index is -0.322. The Bertz CT molecular complexity index is 1190. The number of nitrogens with zero attached hydrogens (tertiary/aromatic N) is 2. The second-order valence-electron chi connectivity index (χ2n) is 8.13. The Kier molecular flexibility index (Phi) is 4.69. The lowest BCUT2D eigenvalue weighted by molar-refractivity contribution is 0.0855. The summed E-state index contributed by atoms with van der Waals surface area (Å²) in [5, 5.41) is 7.21. The number of nitrogens with one attached hydrogen (secondary N) is 2. The highest BCUT2D eigenvalue weighted by atomic mass is 19.1. The molecule has 3 aromatic rings. The minimum absolute atomic E-state index is 0.0718. The highest BCUT2D eigenvalue weighted by Crippen LogP contribution is 2.29. The second-order valence-corrected chi connectivity index (χ2v) is 8.13. The van der Waals surface area contributed by atoms with Crippen LogP contribution in [0.3, 0.4) is 0 Å². The monoisotopic (exact) mass is 419 g/mol. The Labute approximate surface area is 178 Å². The molecule has 2 aliphatic rings. The number of amides is 3. The van der Waals surface area contributed by atoms with E-state index in [0.717, 1.165) is 24.0 Å². The molecule has 1 aromatic heterocycles. The molecule has 1 aliphatic carbocycles. The van der Waals surface area contributed by atoms with E-state index in [2.05, 4.69) is 15.6 Å². The summed E-state index contributed by atoms with van der Waals surface area (Å²) in [6, 6.07) is 11.9. The summed E-state index contributed by atoms with van der Waals surface area (Å²) in [6.07, 6.45) is 3.54. The van der Waals surface area contributed by atoms with E-state index in [9.17, 15) is 14.0 Å². The van der Waals surface area contributed by atoms with Gasteiger partial charge >= 0.3 is 6.03 Å². The zero-order valence-corrected chi connectivity index (χ0v) is 16.8. The molecule has 0 radical (unpaired) electrons. The molecule has 7 nitrogen and oxygen atoms in total. The van der Waals surface area contributed by atoms with Gasteiger partial charge in [-0.25, -0.2) is 14.2 Å². The number of hydrogen-bond acceptors (Lipinski definition) is 4. The molecule has 158 valence electrons. The highest BCUT2D eigenvalue weighted by Gasteiger charge is 2.34. The van der Waals surface area contributed by atoms with Crippen molar-refractivity contribution in [3.8, 4) is 11.1 Å². The van der Waals surface area contributed by atoms with Gasteiger partial charge in [-0.3, -0.25) is 4.79 Å². The first-order valence-electron chi connectivity index (χ1n) is 10.3. The summed E-state index contributed by atoms with van der Waals surface area (Å²) in [4.78, 5) is 30.8. The van der Waals surface area contributed by atoms with Crippen LogP contribution in [0.25, 0.3) is 21.9 Å². The quantitative estimate of drug-likeness (QED) is 0.605. The van der Waals surface area contributed by atoms with Crippen molar-refractivity contribution in [2.75, 3.05) is 18.8 Å². The molecule has 0 bridgehead atoms. The molecule has 4 N–H and O–H groups in total. The SMILES string of the molecule is Nc1ncc(C(=O)NC2CN(C(=O)NC3CC3)C2)c2ccc(-c3cccc(F)c3)cc12. The second kappa shape index (κ2) is 7.54. The number of hydrogen-bond donors (Lipinski definition) is 3. The number of pyridine rings is 1. The number of nitrogen functional groups attached to an aromatic ring is 1. The number of rotatable bonds is 4. The summed E-state index contributed by atoms with van der Waals surface area (Å²) in [5.41, 5.74) is 7.99. The van der Waals surface area contributed by atoms with E-state index in [1.54, 1.807) is 17.0 Å². The Morgan fingerprint density at radius 2 is 1.77 bits per heavy atom. The summed E-state index contributed by atoms with van der Waals surface area (Å²) >= 11 is 0. The minimum Gasteiger partial charge on any atom is -0.383 e. The third kappa shape index (κ3) is 3.88. The lowest BCUT2D eigenvalue weighted by Gasteiger charge is -2.39. The largest absolute Gasteiger partial charge is 0.383 e. The first kappa shape index (κ1) is 19.3. The van der Waals surface area contributed by atoms with Crippen molar-refractivity contribution >= 4 is 28.5 Å². The van der Waals surface area contributed by atoms with Crippen molar-refractivity contribution in [2.24, 2.45) is 0 Å². The smallest absolute Gasteiger partial charge is 0.317 e. The number of carbonyl (C=O) groups is 2. The number of urea groups is 1. The van der Waals surface area contributed by atoms with Crippen LogP contribution in [0.2, 0.25) is 0 Å². The molecule has 5 rings (SSSR count). The Balaban J connectivity index is 1.33. The van der Waals surface area contributed by atoms with E-state index in [0.29, 0.717) is 41.3 Å². The fourth-order valence-electron chi connectivity index (χ4n) is 3.79. The van der Waals surface area contributed by atoms with E-state index in [1.807, 2.05) is 18.2 Å². The zero-order chi connectivity index (χ0) is 21.5. The molecule has 2 fully saturated rings. The summed E-state index contributed by atoms with van der Waals surface area (Å²) in [5.74, 6) is -0.281. The molecule has 3 amide bonds. The van der Waals surface area contributed by atoms with E-state index in [4.69, 9.17) is 5.73 Å². The fourth-order valence-corrected chi connectivity index (χ4v) is 3.79. The molecule has 2 aromatic carbocycles. The van der Waals surface area contributed by atoms with Crippen LogP contribution >= 0.6 is 0 Å². The number of benzene rings is 2. The number of halogens is 1. The third-order valence-corrected chi connectivity index (χ3v) is 5.73. The number of fused-ring (bicyclic) bond motifs is 1. The van der Waals surface area contributed by atoms with Gasteiger partial charge in [-0.1, -0.05) is 24.3 Å². The maximum Gasteiger partial charge on any atom is 0.317 e. The molecule has 0 unspecified atom stereocenters. The number of anilines is 1. The Morgan fingerprint density at radius 3 is 2.52 bits per heavy atom. The van der Waals surface area contributed by atoms with Crippen molar-refractivity contribution in [1.29, 1.82) is 0 Å². The number of nitrogens with two attached hydrogens (primary N) is 1. The topological polar surface area (TPSA) is 100 Å². The lowest BCUT2D eigenvalue weighted by Crippen LogP contribution is -2.63. The van der Waals surface area contributed by atoms with Crippen molar-refractivity contribution in [2.45, 2.75) is 24.9 Å². The van der Waals surface area contributed by atoms with Crippen molar-refractivity contribution < 1.29 is 14.0 Å². The fraction of sp³-hybridized carbons (Fsp3) is 0.261. The van der Waals surface area contributed by atoms with Gasteiger partial charge in [0.2, 0.25) is 0 Å². The number of carbonyl (C=O) groups excluding carboxylic acids is 2.